The summed E-state index contributed by atoms with van der Waals surface area (Å²) in [5, 5.41) is 2.97. The monoisotopic (exact) mass is 308 g/mol. The van der Waals surface area contributed by atoms with Crippen molar-refractivity contribution in [2.75, 3.05) is 13.2 Å². The van der Waals surface area contributed by atoms with Crippen molar-refractivity contribution in [3.8, 4) is 5.75 Å². The first kappa shape index (κ1) is 15.0. The molecule has 116 valence electrons. The number of hydrogen-bond donors (Lipinski definition) is 0. The number of carbonyl (C=O) groups is 1. The Bertz CT molecular complexity index is 931. The van der Waals surface area contributed by atoms with E-state index >= 15 is 0 Å². The molecule has 0 heterocycles. The number of fused-ring (bicyclic) bond motifs is 2. The number of esters is 1. The van der Waals surface area contributed by atoms with Gasteiger partial charge >= 0.3 is 5.97 Å². The molecule has 23 heavy (non-hydrogen) atoms. The van der Waals surface area contributed by atoms with Crippen molar-refractivity contribution in [3.63, 3.8) is 0 Å². The first-order valence-corrected chi connectivity index (χ1v) is 7.43. The lowest BCUT2D eigenvalue weighted by molar-refractivity contribution is -0.145. The van der Waals surface area contributed by atoms with Gasteiger partial charge in [0, 0.05) is 10.8 Å². The molecule has 0 radical (unpaired) electrons. The number of carbonyl (C=O) groups excluding carboxylic acids is 1. The predicted octanol–water partition coefficient (Wildman–Crippen LogP) is 3.30. The molecule has 4 nitrogen and oxygen atoms in total. The topological polar surface area (TPSA) is 52.6 Å². The molecular formula is C19H16O4. The molecule has 0 amide bonds. The van der Waals surface area contributed by atoms with E-state index in [2.05, 4.69) is 0 Å². The van der Waals surface area contributed by atoms with Crippen molar-refractivity contribution < 1.29 is 14.3 Å². The number of ether oxygens (including phenoxy) is 2. The number of rotatable bonds is 4. The van der Waals surface area contributed by atoms with Crippen molar-refractivity contribution in [2.24, 2.45) is 0 Å². The second-order valence-electron chi connectivity index (χ2n) is 5.09. The van der Waals surface area contributed by atoms with Crippen molar-refractivity contribution in [1.29, 1.82) is 0 Å². The lowest BCUT2D eigenvalue weighted by atomic mass is 10.1. The SMILES string of the molecule is CCOC(=O)COc1ccc2c(=O)c3ccccc3ccc2c1. The lowest BCUT2D eigenvalue weighted by Crippen LogP contribution is -2.14. The molecule has 0 N–H and O–H groups in total. The van der Waals surface area contributed by atoms with E-state index in [-0.39, 0.29) is 12.0 Å². The van der Waals surface area contributed by atoms with Crippen LogP contribution in [0.3, 0.4) is 0 Å². The van der Waals surface area contributed by atoms with Crippen LogP contribution in [0.15, 0.2) is 59.4 Å². The maximum Gasteiger partial charge on any atom is 0.344 e. The minimum Gasteiger partial charge on any atom is -0.482 e. The third-order valence-electron chi connectivity index (χ3n) is 3.58. The van der Waals surface area contributed by atoms with Gasteiger partial charge in [0.05, 0.1) is 6.61 Å². The summed E-state index contributed by atoms with van der Waals surface area (Å²) in [7, 11) is 0. The van der Waals surface area contributed by atoms with E-state index in [1.54, 1.807) is 25.1 Å². The van der Waals surface area contributed by atoms with Gasteiger partial charge in [0.2, 0.25) is 0 Å². The minimum absolute atomic E-state index is 0.0162. The summed E-state index contributed by atoms with van der Waals surface area (Å²) in [6, 6.07) is 16.5. The average Bonchev–Trinajstić information content (AvgIpc) is 2.71. The molecule has 0 saturated carbocycles. The van der Waals surface area contributed by atoms with Gasteiger partial charge in [-0.15, -0.1) is 0 Å². The summed E-state index contributed by atoms with van der Waals surface area (Å²) >= 11 is 0. The largest absolute Gasteiger partial charge is 0.482 e. The Kier molecular flexibility index (Phi) is 4.24. The molecular weight excluding hydrogens is 292 g/mol. The second-order valence-corrected chi connectivity index (χ2v) is 5.09. The van der Waals surface area contributed by atoms with Crippen LogP contribution < -0.4 is 10.2 Å². The van der Waals surface area contributed by atoms with Crippen LogP contribution in [0.4, 0.5) is 0 Å². The van der Waals surface area contributed by atoms with E-state index in [1.807, 2.05) is 36.4 Å². The normalized spacial score (nSPS) is 10.7. The van der Waals surface area contributed by atoms with Gasteiger partial charge in [0.15, 0.2) is 12.0 Å². The molecule has 0 spiro atoms. The first-order chi connectivity index (χ1) is 11.2. The smallest absolute Gasteiger partial charge is 0.344 e. The van der Waals surface area contributed by atoms with Gasteiger partial charge in [-0.25, -0.2) is 4.79 Å². The van der Waals surface area contributed by atoms with Crippen molar-refractivity contribution >= 4 is 27.5 Å². The van der Waals surface area contributed by atoms with Crippen LogP contribution in [0, 0.1) is 0 Å². The molecule has 3 aromatic rings. The van der Waals surface area contributed by atoms with Crippen LogP contribution in [-0.4, -0.2) is 19.2 Å². The highest BCUT2D eigenvalue weighted by Crippen LogP contribution is 2.20. The molecule has 3 aromatic carbocycles. The zero-order valence-electron chi connectivity index (χ0n) is 12.7. The third-order valence-corrected chi connectivity index (χ3v) is 3.58. The highest BCUT2D eigenvalue weighted by molar-refractivity contribution is 5.93. The van der Waals surface area contributed by atoms with Crippen LogP contribution >= 0.6 is 0 Å². The van der Waals surface area contributed by atoms with E-state index in [9.17, 15) is 9.59 Å². The third kappa shape index (κ3) is 3.16. The zero-order valence-corrected chi connectivity index (χ0v) is 12.7. The summed E-state index contributed by atoms with van der Waals surface area (Å²) in [4.78, 5) is 24.0. The molecule has 0 atom stereocenters. The van der Waals surface area contributed by atoms with Crippen LogP contribution in [0.5, 0.6) is 5.75 Å². The molecule has 4 heteroatoms. The van der Waals surface area contributed by atoms with Crippen molar-refractivity contribution in [1.82, 2.24) is 0 Å². The quantitative estimate of drug-likeness (QED) is 0.694. The van der Waals surface area contributed by atoms with E-state index in [0.717, 1.165) is 10.8 Å². The molecule has 0 saturated heterocycles. The second kappa shape index (κ2) is 6.48. The molecule has 0 unspecified atom stereocenters. The fourth-order valence-corrected chi connectivity index (χ4v) is 2.49. The molecule has 0 aliphatic carbocycles. The van der Waals surface area contributed by atoms with Crippen LogP contribution in [0.25, 0.3) is 21.5 Å². The van der Waals surface area contributed by atoms with Gasteiger partial charge in [-0.2, -0.15) is 0 Å². The lowest BCUT2D eigenvalue weighted by Gasteiger charge is -2.06. The zero-order chi connectivity index (χ0) is 16.2. The van der Waals surface area contributed by atoms with Crippen molar-refractivity contribution in [2.45, 2.75) is 6.92 Å². The Hall–Kier alpha value is -2.88. The van der Waals surface area contributed by atoms with Gasteiger partial charge < -0.3 is 9.47 Å². The van der Waals surface area contributed by atoms with Crippen molar-refractivity contribution in [3.05, 3.63) is 64.8 Å². The fourth-order valence-electron chi connectivity index (χ4n) is 2.49. The molecule has 0 aliphatic heterocycles. The molecule has 0 fully saturated rings. The van der Waals surface area contributed by atoms with E-state index in [1.165, 1.54) is 0 Å². The molecule has 3 rings (SSSR count). The van der Waals surface area contributed by atoms with E-state index in [0.29, 0.717) is 23.1 Å². The highest BCUT2D eigenvalue weighted by atomic mass is 16.6. The Labute approximate surface area is 133 Å². The Morgan fingerprint density at radius 3 is 2.52 bits per heavy atom. The summed E-state index contributed by atoms with van der Waals surface area (Å²) in [5.41, 5.74) is -0.0162. The number of hydrogen-bond acceptors (Lipinski definition) is 4. The molecule has 0 aromatic heterocycles. The maximum atomic E-state index is 12.6. The first-order valence-electron chi connectivity index (χ1n) is 7.43. The maximum absolute atomic E-state index is 12.6. The van der Waals surface area contributed by atoms with E-state index < -0.39 is 5.97 Å². The minimum atomic E-state index is -0.415. The Morgan fingerprint density at radius 1 is 0.957 bits per heavy atom. The molecule has 0 bridgehead atoms. The summed E-state index contributed by atoms with van der Waals surface area (Å²) in [6.45, 7) is 1.92. The predicted molar refractivity (Wildman–Crippen MR) is 89.9 cm³/mol. The van der Waals surface area contributed by atoms with Crippen LogP contribution in [-0.2, 0) is 9.53 Å². The van der Waals surface area contributed by atoms with Crippen LogP contribution in [0.2, 0.25) is 0 Å². The summed E-state index contributed by atoms with van der Waals surface area (Å²) in [6.07, 6.45) is 0. The summed E-state index contributed by atoms with van der Waals surface area (Å²) in [5.74, 6) is 0.113. The van der Waals surface area contributed by atoms with Gasteiger partial charge in [0.25, 0.3) is 0 Å². The standard InChI is InChI=1S/C19H16O4/c1-2-22-18(20)12-23-15-9-10-17-14(11-15)8-7-13-5-3-4-6-16(13)19(17)21/h3-11H,2,12H2,1H3. The Morgan fingerprint density at radius 2 is 1.70 bits per heavy atom. The fraction of sp³-hybridized carbons (Fsp3) is 0.158. The van der Waals surface area contributed by atoms with Gasteiger partial charge in [0.1, 0.15) is 5.75 Å². The summed E-state index contributed by atoms with van der Waals surface area (Å²) < 4.78 is 10.2. The molecule has 0 aliphatic rings. The number of benzene rings is 2. The van der Waals surface area contributed by atoms with E-state index in [4.69, 9.17) is 9.47 Å². The van der Waals surface area contributed by atoms with Gasteiger partial charge in [-0.3, -0.25) is 4.79 Å². The van der Waals surface area contributed by atoms with Gasteiger partial charge in [-0.05, 0) is 35.9 Å². The highest BCUT2D eigenvalue weighted by Gasteiger charge is 2.06. The van der Waals surface area contributed by atoms with Gasteiger partial charge in [-0.1, -0.05) is 36.4 Å². The Balaban J connectivity index is 2.02. The average molecular weight is 308 g/mol. The van der Waals surface area contributed by atoms with Crippen LogP contribution in [0.1, 0.15) is 6.92 Å².